The second-order valence-corrected chi connectivity index (χ2v) is 4.54. The van der Waals surface area contributed by atoms with E-state index in [9.17, 15) is 0 Å². The number of pyridine rings is 2. The predicted octanol–water partition coefficient (Wildman–Crippen LogP) is 3.90. The smallest absolute Gasteiger partial charge is 0.212 e. The van der Waals surface area contributed by atoms with E-state index in [1.54, 1.807) is 19.5 Å². The fraction of sp³-hybridized carbons (Fsp3) is 0.0588. The lowest BCUT2D eigenvalue weighted by atomic mass is 10.1. The maximum atomic E-state index is 5.07. The molecule has 2 aromatic heterocycles. The van der Waals surface area contributed by atoms with Crippen molar-refractivity contribution >= 4 is 11.4 Å². The van der Waals surface area contributed by atoms with Crippen LogP contribution in [0.3, 0.4) is 0 Å². The van der Waals surface area contributed by atoms with E-state index in [1.807, 2.05) is 54.7 Å². The van der Waals surface area contributed by atoms with Gasteiger partial charge >= 0.3 is 0 Å². The average Bonchev–Trinajstić information content (AvgIpc) is 2.56. The lowest BCUT2D eigenvalue weighted by Crippen LogP contribution is -1.92. The maximum absolute atomic E-state index is 5.07. The minimum absolute atomic E-state index is 0.602. The molecular weight excluding hydrogens is 262 g/mol. The van der Waals surface area contributed by atoms with Gasteiger partial charge in [0.15, 0.2) is 0 Å². The predicted molar refractivity (Wildman–Crippen MR) is 83.7 cm³/mol. The minimum Gasteiger partial charge on any atom is -0.481 e. The third kappa shape index (κ3) is 3.17. The standard InChI is InChI=1S/C17H15N3O/c1-21-17-8-7-13(11-19-17)14-9-16(12-18-10-14)20-15-5-3-2-4-6-15/h2-12,20H,1H3. The van der Waals surface area contributed by atoms with Gasteiger partial charge in [-0.3, -0.25) is 4.98 Å². The lowest BCUT2D eigenvalue weighted by Gasteiger charge is -2.08. The molecule has 4 nitrogen and oxygen atoms in total. The molecule has 0 amide bonds. The summed E-state index contributed by atoms with van der Waals surface area (Å²) >= 11 is 0. The van der Waals surface area contributed by atoms with Gasteiger partial charge in [-0.1, -0.05) is 18.2 Å². The van der Waals surface area contributed by atoms with Gasteiger partial charge in [0, 0.05) is 35.3 Å². The van der Waals surface area contributed by atoms with Crippen LogP contribution in [-0.4, -0.2) is 17.1 Å². The van der Waals surface area contributed by atoms with Crippen LogP contribution in [0.2, 0.25) is 0 Å². The molecule has 0 aliphatic rings. The van der Waals surface area contributed by atoms with E-state index in [1.165, 1.54) is 0 Å². The molecule has 4 heteroatoms. The Morgan fingerprint density at radius 1 is 0.857 bits per heavy atom. The van der Waals surface area contributed by atoms with Gasteiger partial charge in [0.2, 0.25) is 5.88 Å². The Hall–Kier alpha value is -2.88. The number of aromatic nitrogens is 2. The van der Waals surface area contributed by atoms with Gasteiger partial charge < -0.3 is 10.1 Å². The van der Waals surface area contributed by atoms with Crippen LogP contribution in [-0.2, 0) is 0 Å². The van der Waals surface area contributed by atoms with Crippen molar-refractivity contribution in [2.24, 2.45) is 0 Å². The number of anilines is 2. The van der Waals surface area contributed by atoms with Crippen molar-refractivity contribution in [1.82, 2.24) is 9.97 Å². The normalized spacial score (nSPS) is 10.1. The van der Waals surface area contributed by atoms with Crippen LogP contribution in [0.1, 0.15) is 0 Å². The molecule has 0 radical (unpaired) electrons. The van der Waals surface area contributed by atoms with Crippen molar-refractivity contribution < 1.29 is 4.74 Å². The van der Waals surface area contributed by atoms with E-state index < -0.39 is 0 Å². The zero-order valence-corrected chi connectivity index (χ0v) is 11.7. The summed E-state index contributed by atoms with van der Waals surface area (Å²) in [4.78, 5) is 8.50. The van der Waals surface area contributed by atoms with Gasteiger partial charge in [0.25, 0.3) is 0 Å². The Bertz CT molecular complexity index is 712. The molecule has 21 heavy (non-hydrogen) atoms. The van der Waals surface area contributed by atoms with Gasteiger partial charge in [0.1, 0.15) is 0 Å². The Morgan fingerprint density at radius 2 is 1.71 bits per heavy atom. The Labute approximate surface area is 123 Å². The molecule has 0 fully saturated rings. The molecule has 0 atom stereocenters. The highest BCUT2D eigenvalue weighted by Gasteiger charge is 2.02. The molecule has 0 spiro atoms. The van der Waals surface area contributed by atoms with E-state index >= 15 is 0 Å². The Morgan fingerprint density at radius 3 is 2.43 bits per heavy atom. The van der Waals surface area contributed by atoms with E-state index in [0.717, 1.165) is 22.5 Å². The molecular formula is C17H15N3O. The first-order chi connectivity index (χ1) is 10.3. The third-order valence-electron chi connectivity index (χ3n) is 3.08. The monoisotopic (exact) mass is 277 g/mol. The topological polar surface area (TPSA) is 47.0 Å². The number of para-hydroxylation sites is 1. The summed E-state index contributed by atoms with van der Waals surface area (Å²) in [5, 5.41) is 3.33. The van der Waals surface area contributed by atoms with Crippen LogP contribution in [0.4, 0.5) is 11.4 Å². The molecule has 0 bridgehead atoms. The van der Waals surface area contributed by atoms with Crippen molar-refractivity contribution in [3.63, 3.8) is 0 Å². The van der Waals surface area contributed by atoms with E-state index in [-0.39, 0.29) is 0 Å². The first-order valence-electron chi connectivity index (χ1n) is 6.63. The quantitative estimate of drug-likeness (QED) is 0.785. The summed E-state index contributed by atoms with van der Waals surface area (Å²) in [6, 6.07) is 15.9. The number of hydrogen-bond donors (Lipinski definition) is 1. The Kier molecular flexibility index (Phi) is 3.78. The van der Waals surface area contributed by atoms with E-state index in [2.05, 4.69) is 15.3 Å². The number of methoxy groups -OCH3 is 1. The first kappa shape index (κ1) is 13.1. The number of ether oxygens (including phenoxy) is 1. The van der Waals surface area contributed by atoms with Gasteiger partial charge in [-0.15, -0.1) is 0 Å². The molecule has 0 aliphatic heterocycles. The lowest BCUT2D eigenvalue weighted by molar-refractivity contribution is 0.398. The van der Waals surface area contributed by atoms with Gasteiger partial charge in [-0.2, -0.15) is 0 Å². The molecule has 0 saturated carbocycles. The van der Waals surface area contributed by atoms with Gasteiger partial charge in [-0.25, -0.2) is 4.98 Å². The fourth-order valence-corrected chi connectivity index (χ4v) is 2.03. The molecule has 1 aromatic carbocycles. The number of hydrogen-bond acceptors (Lipinski definition) is 4. The molecule has 3 aromatic rings. The number of nitrogens with one attached hydrogen (secondary N) is 1. The van der Waals surface area contributed by atoms with Crippen LogP contribution in [0.25, 0.3) is 11.1 Å². The fourth-order valence-electron chi connectivity index (χ4n) is 2.03. The third-order valence-corrected chi connectivity index (χ3v) is 3.08. The van der Waals surface area contributed by atoms with Crippen molar-refractivity contribution in [2.75, 3.05) is 12.4 Å². The zero-order valence-electron chi connectivity index (χ0n) is 11.7. The highest BCUT2D eigenvalue weighted by molar-refractivity contribution is 5.69. The van der Waals surface area contributed by atoms with E-state index in [0.29, 0.717) is 5.88 Å². The van der Waals surface area contributed by atoms with Crippen molar-refractivity contribution in [2.45, 2.75) is 0 Å². The molecule has 104 valence electrons. The summed E-state index contributed by atoms with van der Waals surface area (Å²) in [6.07, 6.45) is 5.40. The molecule has 0 aliphatic carbocycles. The number of rotatable bonds is 4. The van der Waals surface area contributed by atoms with Crippen molar-refractivity contribution in [3.8, 4) is 17.0 Å². The summed E-state index contributed by atoms with van der Waals surface area (Å²) < 4.78 is 5.07. The highest BCUT2D eigenvalue weighted by atomic mass is 16.5. The number of benzene rings is 1. The summed E-state index contributed by atoms with van der Waals surface area (Å²) in [5.41, 5.74) is 3.98. The largest absolute Gasteiger partial charge is 0.481 e. The summed E-state index contributed by atoms with van der Waals surface area (Å²) in [6.45, 7) is 0. The minimum atomic E-state index is 0.602. The molecule has 2 heterocycles. The first-order valence-corrected chi connectivity index (χ1v) is 6.63. The molecule has 1 N–H and O–H groups in total. The average molecular weight is 277 g/mol. The van der Waals surface area contributed by atoms with Crippen LogP contribution in [0, 0.1) is 0 Å². The van der Waals surface area contributed by atoms with Crippen LogP contribution in [0.15, 0.2) is 67.1 Å². The maximum Gasteiger partial charge on any atom is 0.212 e. The van der Waals surface area contributed by atoms with Crippen LogP contribution >= 0.6 is 0 Å². The van der Waals surface area contributed by atoms with Crippen molar-refractivity contribution in [1.29, 1.82) is 0 Å². The zero-order chi connectivity index (χ0) is 14.5. The second-order valence-electron chi connectivity index (χ2n) is 4.54. The second kappa shape index (κ2) is 6.05. The Balaban J connectivity index is 1.85. The van der Waals surface area contributed by atoms with Gasteiger partial charge in [-0.05, 0) is 24.3 Å². The van der Waals surface area contributed by atoms with Crippen LogP contribution < -0.4 is 10.1 Å². The van der Waals surface area contributed by atoms with E-state index in [4.69, 9.17) is 4.74 Å². The van der Waals surface area contributed by atoms with Crippen molar-refractivity contribution in [3.05, 3.63) is 67.1 Å². The SMILES string of the molecule is COc1ccc(-c2cncc(Nc3ccccc3)c2)cn1. The summed E-state index contributed by atoms with van der Waals surface area (Å²) in [5.74, 6) is 0.602. The molecule has 0 unspecified atom stereocenters. The van der Waals surface area contributed by atoms with Crippen LogP contribution in [0.5, 0.6) is 5.88 Å². The highest BCUT2D eigenvalue weighted by Crippen LogP contribution is 2.24. The summed E-state index contributed by atoms with van der Waals surface area (Å²) in [7, 11) is 1.61. The number of nitrogens with zero attached hydrogens (tertiary/aromatic N) is 2. The van der Waals surface area contributed by atoms with Gasteiger partial charge in [0.05, 0.1) is 19.0 Å². The molecule has 3 rings (SSSR count). The molecule has 0 saturated heterocycles.